The highest BCUT2D eigenvalue weighted by Crippen LogP contribution is 2.21. The Balaban J connectivity index is 3.84. The summed E-state index contributed by atoms with van der Waals surface area (Å²) in [5.74, 6) is 1.26. The molecule has 278 valence electrons. The van der Waals surface area contributed by atoms with Gasteiger partial charge in [0.15, 0.2) is 0 Å². The summed E-state index contributed by atoms with van der Waals surface area (Å²) >= 11 is 5.64. The SMILES string of the molecule is CCCCCCCCCCCCCCCCCCC(CCCCCCCCCCCCCCCC)COCCOCCOCCCl. The molecule has 46 heavy (non-hydrogen) atoms. The molecule has 4 heteroatoms. The van der Waals surface area contributed by atoms with Crippen LogP contribution in [0.1, 0.15) is 219 Å². The molecule has 1 atom stereocenters. The molecular weight excluding hydrogens is 588 g/mol. The highest BCUT2D eigenvalue weighted by molar-refractivity contribution is 6.17. The maximum absolute atomic E-state index is 6.09. The molecule has 0 bridgehead atoms. The monoisotopic (exact) mass is 673 g/mol. The summed E-state index contributed by atoms with van der Waals surface area (Å²) in [7, 11) is 0. The second-order valence-electron chi connectivity index (χ2n) is 14.3. The minimum atomic E-state index is 0.545. The van der Waals surface area contributed by atoms with Gasteiger partial charge in [-0.1, -0.05) is 206 Å². The van der Waals surface area contributed by atoms with Crippen molar-refractivity contribution >= 4 is 11.6 Å². The lowest BCUT2D eigenvalue weighted by molar-refractivity contribution is 0.00771. The van der Waals surface area contributed by atoms with Crippen LogP contribution in [0.5, 0.6) is 0 Å². The summed E-state index contributed by atoms with van der Waals surface area (Å²) in [5, 5.41) is 0. The van der Waals surface area contributed by atoms with Gasteiger partial charge >= 0.3 is 0 Å². The summed E-state index contributed by atoms with van der Waals surface area (Å²) in [6.07, 6.45) is 45.7. The average molecular weight is 674 g/mol. The quantitative estimate of drug-likeness (QED) is 0.0477. The first kappa shape index (κ1) is 46.2. The van der Waals surface area contributed by atoms with Crippen molar-refractivity contribution in [1.82, 2.24) is 0 Å². The molecule has 0 aromatic heterocycles. The van der Waals surface area contributed by atoms with Gasteiger partial charge in [0.05, 0.1) is 33.0 Å². The predicted molar refractivity (Wildman–Crippen MR) is 206 cm³/mol. The zero-order valence-corrected chi connectivity index (χ0v) is 32.5. The van der Waals surface area contributed by atoms with Crippen molar-refractivity contribution in [2.45, 2.75) is 219 Å². The molecule has 0 rings (SSSR count). The Morgan fingerprint density at radius 2 is 0.587 bits per heavy atom. The number of rotatable bonds is 42. The topological polar surface area (TPSA) is 27.7 Å². The van der Waals surface area contributed by atoms with E-state index < -0.39 is 0 Å². The maximum atomic E-state index is 6.09. The first-order chi connectivity index (χ1) is 22.8. The molecule has 0 N–H and O–H groups in total. The van der Waals surface area contributed by atoms with E-state index in [1.165, 1.54) is 205 Å². The van der Waals surface area contributed by atoms with Crippen molar-refractivity contribution in [3.63, 3.8) is 0 Å². The second-order valence-corrected chi connectivity index (χ2v) is 14.7. The zero-order valence-electron chi connectivity index (χ0n) is 31.8. The lowest BCUT2D eigenvalue weighted by Crippen LogP contribution is -2.14. The van der Waals surface area contributed by atoms with Crippen molar-refractivity contribution in [2.75, 3.05) is 45.5 Å². The van der Waals surface area contributed by atoms with E-state index in [2.05, 4.69) is 13.8 Å². The molecule has 0 radical (unpaired) electrons. The van der Waals surface area contributed by atoms with Crippen LogP contribution in [0.25, 0.3) is 0 Å². The van der Waals surface area contributed by atoms with E-state index in [9.17, 15) is 0 Å². The Bertz CT molecular complexity index is 517. The third-order valence-corrected chi connectivity index (χ3v) is 9.91. The lowest BCUT2D eigenvalue weighted by atomic mass is 9.94. The van der Waals surface area contributed by atoms with Gasteiger partial charge in [0.2, 0.25) is 0 Å². The molecule has 0 spiro atoms. The van der Waals surface area contributed by atoms with Crippen LogP contribution in [0.2, 0.25) is 0 Å². The largest absolute Gasteiger partial charge is 0.379 e. The van der Waals surface area contributed by atoms with Crippen LogP contribution in [-0.4, -0.2) is 45.5 Å². The van der Waals surface area contributed by atoms with Crippen molar-refractivity contribution in [2.24, 2.45) is 5.92 Å². The number of hydrogen-bond acceptors (Lipinski definition) is 3. The molecule has 0 heterocycles. The Morgan fingerprint density at radius 1 is 0.326 bits per heavy atom. The summed E-state index contributed by atoms with van der Waals surface area (Å²) < 4.78 is 17.1. The minimum absolute atomic E-state index is 0.545. The van der Waals surface area contributed by atoms with E-state index in [1.54, 1.807) is 0 Å². The fourth-order valence-electron chi connectivity index (χ4n) is 6.66. The van der Waals surface area contributed by atoms with E-state index in [1.807, 2.05) is 0 Å². The Morgan fingerprint density at radius 3 is 0.891 bits per heavy atom. The van der Waals surface area contributed by atoms with Gasteiger partial charge in [-0.15, -0.1) is 11.6 Å². The summed E-state index contributed by atoms with van der Waals surface area (Å²) in [5.41, 5.74) is 0. The molecule has 0 aliphatic heterocycles. The number of unbranched alkanes of at least 4 members (excludes halogenated alkanes) is 28. The summed E-state index contributed by atoms with van der Waals surface area (Å²) in [6.45, 7) is 8.72. The molecule has 1 unspecified atom stereocenters. The van der Waals surface area contributed by atoms with E-state index >= 15 is 0 Å². The Kier molecular flexibility index (Phi) is 43.4. The van der Waals surface area contributed by atoms with Crippen LogP contribution in [0.15, 0.2) is 0 Å². The fraction of sp³-hybridized carbons (Fsp3) is 1.00. The van der Waals surface area contributed by atoms with Gasteiger partial charge in [0.1, 0.15) is 0 Å². The predicted octanol–water partition coefficient (Wildman–Crippen LogP) is 14.4. The highest BCUT2D eigenvalue weighted by Gasteiger charge is 2.09. The van der Waals surface area contributed by atoms with Crippen LogP contribution in [0.4, 0.5) is 0 Å². The maximum Gasteiger partial charge on any atom is 0.0701 e. The van der Waals surface area contributed by atoms with E-state index in [0.29, 0.717) is 38.9 Å². The van der Waals surface area contributed by atoms with E-state index in [-0.39, 0.29) is 0 Å². The summed E-state index contributed by atoms with van der Waals surface area (Å²) in [4.78, 5) is 0. The van der Waals surface area contributed by atoms with Crippen LogP contribution < -0.4 is 0 Å². The highest BCUT2D eigenvalue weighted by atomic mass is 35.5. The van der Waals surface area contributed by atoms with Crippen molar-refractivity contribution in [1.29, 1.82) is 0 Å². The number of hydrogen-bond donors (Lipinski definition) is 0. The van der Waals surface area contributed by atoms with Crippen LogP contribution >= 0.6 is 11.6 Å². The molecule has 0 amide bonds. The van der Waals surface area contributed by atoms with Gasteiger partial charge < -0.3 is 14.2 Å². The van der Waals surface area contributed by atoms with Crippen LogP contribution in [0.3, 0.4) is 0 Å². The molecule has 0 saturated heterocycles. The summed E-state index contributed by atoms with van der Waals surface area (Å²) in [6, 6.07) is 0. The average Bonchev–Trinajstić information content (AvgIpc) is 3.07. The van der Waals surface area contributed by atoms with Crippen molar-refractivity contribution in [3.05, 3.63) is 0 Å². The van der Waals surface area contributed by atoms with Crippen molar-refractivity contribution in [3.8, 4) is 0 Å². The minimum Gasteiger partial charge on any atom is -0.379 e. The smallest absolute Gasteiger partial charge is 0.0701 e. The molecule has 3 nitrogen and oxygen atoms in total. The normalized spacial score (nSPS) is 12.3. The van der Waals surface area contributed by atoms with Gasteiger partial charge in [0, 0.05) is 12.5 Å². The van der Waals surface area contributed by atoms with Gasteiger partial charge in [-0.25, -0.2) is 0 Å². The standard InChI is InChI=1S/C42H85ClO3/c1-3-5-7-9-11-13-15-17-19-20-22-24-26-28-30-32-34-42(41-46-40-39-45-38-37-44-36-35-43)33-31-29-27-25-23-21-18-16-14-12-10-8-6-4-2/h42H,3-41H2,1-2H3. The van der Waals surface area contributed by atoms with Gasteiger partial charge in [-0.2, -0.15) is 0 Å². The second kappa shape index (κ2) is 43.2. The Labute approximate surface area is 295 Å². The molecule has 0 aromatic rings. The van der Waals surface area contributed by atoms with Gasteiger partial charge in [-0.3, -0.25) is 0 Å². The van der Waals surface area contributed by atoms with Gasteiger partial charge in [0.25, 0.3) is 0 Å². The molecule has 0 aliphatic rings. The number of alkyl halides is 1. The first-order valence-corrected chi connectivity index (χ1v) is 21.7. The molecular formula is C42H85ClO3. The van der Waals surface area contributed by atoms with Crippen molar-refractivity contribution < 1.29 is 14.2 Å². The third kappa shape index (κ3) is 40.3. The molecule has 0 fully saturated rings. The molecule has 0 aliphatic carbocycles. The van der Waals surface area contributed by atoms with E-state index in [0.717, 1.165) is 12.5 Å². The Hall–Kier alpha value is 0.170. The van der Waals surface area contributed by atoms with E-state index in [4.69, 9.17) is 25.8 Å². The van der Waals surface area contributed by atoms with Crippen LogP contribution in [-0.2, 0) is 14.2 Å². The fourth-order valence-corrected chi connectivity index (χ4v) is 6.77. The number of ether oxygens (including phenoxy) is 3. The van der Waals surface area contributed by atoms with Gasteiger partial charge in [-0.05, 0) is 18.8 Å². The number of halogens is 1. The molecule has 0 aromatic carbocycles. The first-order valence-electron chi connectivity index (χ1n) is 21.1. The van der Waals surface area contributed by atoms with Crippen LogP contribution in [0, 0.1) is 5.92 Å². The lowest BCUT2D eigenvalue weighted by Gasteiger charge is -2.17. The third-order valence-electron chi connectivity index (χ3n) is 9.75. The zero-order chi connectivity index (χ0) is 33.3. The molecule has 0 saturated carbocycles.